The molecule has 0 unspecified atom stereocenters. The number of para-hydroxylation sites is 1. The molecule has 7 nitrogen and oxygen atoms in total. The highest BCUT2D eigenvalue weighted by atomic mass is 19.1. The highest BCUT2D eigenvalue weighted by molar-refractivity contribution is 6.37. The number of methoxy groups -OCH3 is 1. The maximum Gasteiger partial charge on any atom is 0.258 e. The standard InChI is InChI=1S/C33H31FN4O3/c1-38(2)20-21-11-14-25(15-12-21)36-31(30-26-16-13-24(34)18-28(26)37-33(30)40)23-8-6-7-22(17-23)19-35-32(39)27-9-4-5-10-29(27)41-3/h4-18,36H,19-20H2,1-3H3,(H,35,39)(H,37,40)/b31-30-. The van der Waals surface area contributed by atoms with Gasteiger partial charge in [-0.25, -0.2) is 4.39 Å². The quantitative estimate of drug-likeness (QED) is 0.231. The van der Waals surface area contributed by atoms with Crippen molar-refractivity contribution in [1.82, 2.24) is 10.2 Å². The van der Waals surface area contributed by atoms with E-state index >= 15 is 0 Å². The van der Waals surface area contributed by atoms with E-state index in [4.69, 9.17) is 4.74 Å². The summed E-state index contributed by atoms with van der Waals surface area (Å²) >= 11 is 0. The van der Waals surface area contributed by atoms with Crippen LogP contribution < -0.4 is 20.7 Å². The Balaban J connectivity index is 1.49. The van der Waals surface area contributed by atoms with E-state index in [0.717, 1.165) is 28.9 Å². The van der Waals surface area contributed by atoms with Crippen LogP contribution in [0.4, 0.5) is 15.8 Å². The molecule has 208 valence electrons. The minimum Gasteiger partial charge on any atom is -0.496 e. The van der Waals surface area contributed by atoms with Gasteiger partial charge >= 0.3 is 0 Å². The molecular weight excluding hydrogens is 519 g/mol. The third kappa shape index (κ3) is 6.28. The van der Waals surface area contributed by atoms with Crippen molar-refractivity contribution in [1.29, 1.82) is 0 Å². The van der Waals surface area contributed by atoms with Crippen LogP contribution in [0.5, 0.6) is 5.75 Å². The fourth-order valence-corrected chi connectivity index (χ4v) is 4.82. The number of rotatable bonds is 9. The Morgan fingerprint density at radius 1 is 0.927 bits per heavy atom. The second-order valence-electron chi connectivity index (χ2n) is 10.0. The van der Waals surface area contributed by atoms with Crippen LogP contribution in [0.2, 0.25) is 0 Å². The number of halogens is 1. The number of benzene rings is 4. The molecule has 41 heavy (non-hydrogen) atoms. The van der Waals surface area contributed by atoms with Crippen molar-refractivity contribution in [3.05, 3.63) is 125 Å². The van der Waals surface area contributed by atoms with Gasteiger partial charge in [0.2, 0.25) is 0 Å². The second kappa shape index (κ2) is 12.1. The van der Waals surface area contributed by atoms with Crippen molar-refractivity contribution in [2.45, 2.75) is 13.1 Å². The monoisotopic (exact) mass is 550 g/mol. The topological polar surface area (TPSA) is 82.7 Å². The number of ether oxygens (including phenoxy) is 1. The van der Waals surface area contributed by atoms with Crippen LogP contribution in [-0.2, 0) is 17.9 Å². The molecule has 0 aromatic heterocycles. The first kappa shape index (κ1) is 27.6. The Kier molecular flexibility index (Phi) is 8.12. The van der Waals surface area contributed by atoms with Crippen molar-refractivity contribution in [2.75, 3.05) is 31.8 Å². The van der Waals surface area contributed by atoms with E-state index in [0.29, 0.717) is 33.8 Å². The SMILES string of the molecule is COc1ccccc1C(=O)NCc1cccc(/C(Nc2ccc(CN(C)C)cc2)=C2/C(=O)Nc3cc(F)ccc32)c1. The van der Waals surface area contributed by atoms with Crippen molar-refractivity contribution in [2.24, 2.45) is 0 Å². The summed E-state index contributed by atoms with van der Waals surface area (Å²) in [6.07, 6.45) is 0. The molecule has 1 aliphatic heterocycles. The predicted molar refractivity (Wildman–Crippen MR) is 160 cm³/mol. The first-order valence-corrected chi connectivity index (χ1v) is 13.2. The average Bonchev–Trinajstić information content (AvgIpc) is 3.29. The van der Waals surface area contributed by atoms with E-state index in [1.807, 2.05) is 68.7 Å². The second-order valence-corrected chi connectivity index (χ2v) is 10.0. The number of fused-ring (bicyclic) bond motifs is 1. The summed E-state index contributed by atoms with van der Waals surface area (Å²) in [5.41, 5.74) is 6.00. The summed E-state index contributed by atoms with van der Waals surface area (Å²) in [6, 6.07) is 26.9. The van der Waals surface area contributed by atoms with Gasteiger partial charge < -0.3 is 25.6 Å². The highest BCUT2D eigenvalue weighted by Crippen LogP contribution is 2.38. The normalized spacial score (nSPS) is 13.4. The van der Waals surface area contributed by atoms with Gasteiger partial charge in [-0.2, -0.15) is 0 Å². The lowest BCUT2D eigenvalue weighted by atomic mass is 9.98. The lowest BCUT2D eigenvalue weighted by molar-refractivity contribution is -0.110. The number of hydrogen-bond donors (Lipinski definition) is 3. The van der Waals surface area contributed by atoms with Gasteiger partial charge in [-0.3, -0.25) is 9.59 Å². The number of nitrogens with zero attached hydrogens (tertiary/aromatic N) is 1. The van der Waals surface area contributed by atoms with Crippen LogP contribution >= 0.6 is 0 Å². The minimum absolute atomic E-state index is 0.256. The van der Waals surface area contributed by atoms with E-state index in [9.17, 15) is 14.0 Å². The Morgan fingerprint density at radius 3 is 2.46 bits per heavy atom. The van der Waals surface area contributed by atoms with Gasteiger partial charge in [0.25, 0.3) is 11.8 Å². The van der Waals surface area contributed by atoms with Crippen LogP contribution in [0.3, 0.4) is 0 Å². The fraction of sp³-hybridized carbons (Fsp3) is 0.152. The maximum atomic E-state index is 14.0. The largest absolute Gasteiger partial charge is 0.496 e. The first-order valence-electron chi connectivity index (χ1n) is 13.2. The van der Waals surface area contributed by atoms with Crippen LogP contribution in [0, 0.1) is 5.82 Å². The average molecular weight is 551 g/mol. The molecule has 8 heteroatoms. The summed E-state index contributed by atoms with van der Waals surface area (Å²) in [4.78, 5) is 28.2. The molecule has 0 atom stereocenters. The van der Waals surface area contributed by atoms with E-state index in [-0.39, 0.29) is 18.4 Å². The molecule has 0 aliphatic carbocycles. The minimum atomic E-state index is -0.427. The molecule has 2 amide bonds. The smallest absolute Gasteiger partial charge is 0.258 e. The predicted octanol–water partition coefficient (Wildman–Crippen LogP) is 5.76. The van der Waals surface area contributed by atoms with E-state index in [2.05, 4.69) is 20.9 Å². The number of nitrogens with one attached hydrogen (secondary N) is 3. The highest BCUT2D eigenvalue weighted by Gasteiger charge is 2.29. The van der Waals surface area contributed by atoms with Crippen LogP contribution in [0.25, 0.3) is 11.3 Å². The summed E-state index contributed by atoms with van der Waals surface area (Å²) in [5, 5.41) is 9.18. The Morgan fingerprint density at radius 2 is 1.71 bits per heavy atom. The van der Waals surface area contributed by atoms with Gasteiger partial charge in [-0.05, 0) is 79.3 Å². The van der Waals surface area contributed by atoms with Gasteiger partial charge in [0.1, 0.15) is 11.6 Å². The van der Waals surface area contributed by atoms with Gasteiger partial charge in [-0.1, -0.05) is 42.5 Å². The van der Waals surface area contributed by atoms with Crippen molar-refractivity contribution in [3.63, 3.8) is 0 Å². The molecule has 1 heterocycles. The first-order chi connectivity index (χ1) is 19.8. The summed E-state index contributed by atoms with van der Waals surface area (Å²) in [7, 11) is 5.55. The van der Waals surface area contributed by atoms with Gasteiger partial charge in [0.05, 0.1) is 29.6 Å². The Labute approximate surface area is 238 Å². The zero-order chi connectivity index (χ0) is 28.9. The number of amides is 2. The van der Waals surface area contributed by atoms with Crippen LogP contribution in [0.15, 0.2) is 91.0 Å². The van der Waals surface area contributed by atoms with Crippen molar-refractivity contribution in [3.8, 4) is 5.75 Å². The number of carbonyl (C=O) groups is 2. The summed E-state index contributed by atoms with van der Waals surface area (Å²) < 4.78 is 19.3. The van der Waals surface area contributed by atoms with E-state index in [1.54, 1.807) is 24.3 Å². The summed E-state index contributed by atoms with van der Waals surface area (Å²) in [6.45, 7) is 1.07. The molecule has 4 aromatic rings. The molecule has 0 fully saturated rings. The van der Waals surface area contributed by atoms with Crippen LogP contribution in [0.1, 0.15) is 32.6 Å². The molecule has 3 N–H and O–H groups in total. The molecule has 0 saturated heterocycles. The van der Waals surface area contributed by atoms with Crippen molar-refractivity contribution >= 4 is 34.5 Å². The number of hydrogen-bond acceptors (Lipinski definition) is 5. The van der Waals surface area contributed by atoms with E-state index < -0.39 is 5.82 Å². The van der Waals surface area contributed by atoms with Gasteiger partial charge in [0, 0.05) is 24.3 Å². The molecule has 1 aliphatic rings. The molecular formula is C33H31FN4O3. The number of anilines is 2. The van der Waals surface area contributed by atoms with Gasteiger partial charge in [0.15, 0.2) is 0 Å². The lowest BCUT2D eigenvalue weighted by Gasteiger charge is -2.17. The van der Waals surface area contributed by atoms with E-state index in [1.165, 1.54) is 19.2 Å². The number of carbonyl (C=O) groups excluding carboxylic acids is 2. The Bertz CT molecular complexity index is 1630. The maximum absolute atomic E-state index is 14.0. The molecule has 0 saturated carbocycles. The fourth-order valence-electron chi connectivity index (χ4n) is 4.82. The summed E-state index contributed by atoms with van der Waals surface area (Å²) in [5.74, 6) is -0.515. The zero-order valence-corrected chi connectivity index (χ0v) is 23.1. The molecule has 0 bridgehead atoms. The molecule has 4 aromatic carbocycles. The molecule has 0 radical (unpaired) electrons. The van der Waals surface area contributed by atoms with Crippen molar-refractivity contribution < 1.29 is 18.7 Å². The van der Waals surface area contributed by atoms with Crippen LogP contribution in [-0.4, -0.2) is 37.9 Å². The molecule has 5 rings (SSSR count). The Hall–Kier alpha value is -4.95. The van der Waals surface area contributed by atoms with Gasteiger partial charge in [-0.15, -0.1) is 0 Å². The third-order valence-electron chi connectivity index (χ3n) is 6.72. The zero-order valence-electron chi connectivity index (χ0n) is 23.1. The lowest BCUT2D eigenvalue weighted by Crippen LogP contribution is -2.23. The third-order valence-corrected chi connectivity index (χ3v) is 6.72. The molecule has 0 spiro atoms.